The van der Waals surface area contributed by atoms with Gasteiger partial charge in [0.2, 0.25) is 0 Å². The number of nitrogens with one attached hydrogen (secondary N) is 1. The van der Waals surface area contributed by atoms with Gasteiger partial charge in [0.1, 0.15) is 5.69 Å². The number of aromatic amines is 1. The van der Waals surface area contributed by atoms with E-state index in [-0.39, 0.29) is 11.4 Å². The van der Waals surface area contributed by atoms with Crippen molar-refractivity contribution in [1.82, 2.24) is 10.2 Å². The number of carboxylic acids is 1. The van der Waals surface area contributed by atoms with Crippen LogP contribution in [0.2, 0.25) is 0 Å². The van der Waals surface area contributed by atoms with Gasteiger partial charge in [0.05, 0.1) is 12.8 Å². The number of aromatic nitrogens is 2. The lowest BCUT2D eigenvalue weighted by molar-refractivity contribution is 0.0690. The van der Waals surface area contributed by atoms with Crippen LogP contribution in [-0.4, -0.2) is 28.4 Å². The molecule has 1 aromatic carbocycles. The van der Waals surface area contributed by atoms with Crippen molar-refractivity contribution < 1.29 is 19.0 Å². The summed E-state index contributed by atoms with van der Waals surface area (Å²) in [6, 6.07) is 5.63. The maximum atomic E-state index is 13.4. The highest BCUT2D eigenvalue weighted by atomic mass is 19.1. The van der Waals surface area contributed by atoms with Gasteiger partial charge < -0.3 is 9.84 Å². The van der Waals surface area contributed by atoms with E-state index in [4.69, 9.17) is 9.84 Å². The Labute approximate surface area is 95.9 Å². The summed E-state index contributed by atoms with van der Waals surface area (Å²) in [5.41, 5.74) is 0.798. The topological polar surface area (TPSA) is 75.2 Å². The number of carbonyl (C=O) groups is 1. The maximum Gasteiger partial charge on any atom is 0.353 e. The van der Waals surface area contributed by atoms with Crippen LogP contribution in [0.15, 0.2) is 24.3 Å². The second-order valence-electron chi connectivity index (χ2n) is 3.32. The Morgan fingerprint density at radius 2 is 2.24 bits per heavy atom. The number of methoxy groups -OCH3 is 1. The van der Waals surface area contributed by atoms with E-state index in [9.17, 15) is 9.18 Å². The molecule has 1 heterocycles. The predicted molar refractivity (Wildman–Crippen MR) is 57.5 cm³/mol. The Bertz CT molecular complexity index is 566. The van der Waals surface area contributed by atoms with Crippen LogP contribution in [0.25, 0.3) is 11.3 Å². The fourth-order valence-corrected chi connectivity index (χ4v) is 1.40. The van der Waals surface area contributed by atoms with Crippen LogP contribution in [0.5, 0.6) is 5.75 Å². The molecular formula is C11H9FN2O3. The quantitative estimate of drug-likeness (QED) is 0.853. The number of hydrogen-bond donors (Lipinski definition) is 2. The summed E-state index contributed by atoms with van der Waals surface area (Å²) in [7, 11) is 1.37. The van der Waals surface area contributed by atoms with Crippen LogP contribution in [0, 0.1) is 5.82 Å². The molecule has 0 fully saturated rings. The molecule has 2 N–H and O–H groups in total. The maximum absolute atomic E-state index is 13.4. The molecule has 0 saturated carbocycles. The Morgan fingerprint density at radius 3 is 2.76 bits per heavy atom. The zero-order chi connectivity index (χ0) is 12.4. The van der Waals surface area contributed by atoms with E-state index >= 15 is 0 Å². The Balaban J connectivity index is 2.39. The average Bonchev–Trinajstić information content (AvgIpc) is 2.78. The summed E-state index contributed by atoms with van der Waals surface area (Å²) in [6.45, 7) is 0. The minimum absolute atomic E-state index is 0.0452. The Hall–Kier alpha value is -2.37. The molecule has 6 heteroatoms. The first-order valence-electron chi connectivity index (χ1n) is 4.74. The number of rotatable bonds is 3. The van der Waals surface area contributed by atoms with E-state index in [1.54, 1.807) is 6.07 Å². The number of aromatic carboxylic acids is 1. The first kappa shape index (κ1) is 11.1. The van der Waals surface area contributed by atoms with E-state index in [1.807, 2.05) is 0 Å². The smallest absolute Gasteiger partial charge is 0.353 e. The molecule has 0 bridgehead atoms. The number of nitrogens with zero attached hydrogens (tertiary/aromatic N) is 1. The molecule has 0 unspecified atom stereocenters. The summed E-state index contributed by atoms with van der Waals surface area (Å²) < 4.78 is 18.2. The van der Waals surface area contributed by atoms with Crippen molar-refractivity contribution >= 4 is 5.97 Å². The van der Waals surface area contributed by atoms with Crippen molar-refractivity contribution in [3.05, 3.63) is 35.8 Å². The third-order valence-electron chi connectivity index (χ3n) is 2.26. The zero-order valence-electron chi connectivity index (χ0n) is 8.90. The van der Waals surface area contributed by atoms with Gasteiger partial charge in [-0.1, -0.05) is 0 Å². The van der Waals surface area contributed by atoms with Crippen LogP contribution in [-0.2, 0) is 0 Å². The predicted octanol–water partition coefficient (Wildman–Crippen LogP) is 1.92. The first-order valence-corrected chi connectivity index (χ1v) is 4.74. The van der Waals surface area contributed by atoms with E-state index in [0.29, 0.717) is 11.3 Å². The molecule has 1 aromatic heterocycles. The van der Waals surface area contributed by atoms with Crippen LogP contribution >= 0.6 is 0 Å². The fraction of sp³-hybridized carbons (Fsp3) is 0.0909. The van der Waals surface area contributed by atoms with Gasteiger partial charge in [0.25, 0.3) is 0 Å². The molecule has 0 saturated heterocycles. The molecule has 0 aliphatic heterocycles. The highest BCUT2D eigenvalue weighted by Gasteiger charge is 2.11. The lowest BCUT2D eigenvalue weighted by Crippen LogP contribution is -1.95. The van der Waals surface area contributed by atoms with Gasteiger partial charge in [-0.25, -0.2) is 9.18 Å². The zero-order valence-corrected chi connectivity index (χ0v) is 8.90. The number of hydrogen-bond acceptors (Lipinski definition) is 3. The second kappa shape index (κ2) is 4.25. The summed E-state index contributed by atoms with van der Waals surface area (Å²) in [5, 5.41) is 14.9. The van der Waals surface area contributed by atoms with Gasteiger partial charge >= 0.3 is 5.97 Å². The van der Waals surface area contributed by atoms with Crippen LogP contribution in [0.4, 0.5) is 4.39 Å². The minimum atomic E-state index is -1.11. The standard InChI is InChI=1S/C11H9FN2O3/c1-17-10-3-2-6(4-7(10)12)8-5-9(11(15)16)14-13-8/h2-5H,1H3,(H,13,14)(H,15,16). The van der Waals surface area contributed by atoms with E-state index in [1.165, 1.54) is 25.3 Å². The number of carboxylic acid groups (broad SMARTS) is 1. The molecular weight excluding hydrogens is 227 g/mol. The number of ether oxygens (including phenoxy) is 1. The molecule has 5 nitrogen and oxygen atoms in total. The molecule has 0 atom stereocenters. The van der Waals surface area contributed by atoms with Crippen molar-refractivity contribution in [2.75, 3.05) is 7.11 Å². The molecule has 88 valence electrons. The van der Waals surface area contributed by atoms with Crippen molar-refractivity contribution in [3.8, 4) is 17.0 Å². The third-order valence-corrected chi connectivity index (χ3v) is 2.26. The Morgan fingerprint density at radius 1 is 1.47 bits per heavy atom. The summed E-state index contributed by atoms with van der Waals surface area (Å²) in [6.07, 6.45) is 0. The number of benzene rings is 1. The lowest BCUT2D eigenvalue weighted by Gasteiger charge is -2.02. The van der Waals surface area contributed by atoms with Gasteiger partial charge in [-0.3, -0.25) is 5.10 Å². The largest absolute Gasteiger partial charge is 0.494 e. The molecule has 0 amide bonds. The van der Waals surface area contributed by atoms with E-state index in [2.05, 4.69) is 10.2 Å². The average molecular weight is 236 g/mol. The van der Waals surface area contributed by atoms with Gasteiger partial charge in [0.15, 0.2) is 11.6 Å². The monoisotopic (exact) mass is 236 g/mol. The third kappa shape index (κ3) is 2.10. The fourth-order valence-electron chi connectivity index (χ4n) is 1.40. The highest BCUT2D eigenvalue weighted by Crippen LogP contribution is 2.24. The summed E-state index contributed by atoms with van der Waals surface area (Å²) >= 11 is 0. The first-order chi connectivity index (χ1) is 8.11. The van der Waals surface area contributed by atoms with Gasteiger partial charge in [-0.15, -0.1) is 0 Å². The lowest BCUT2D eigenvalue weighted by atomic mass is 10.1. The molecule has 0 spiro atoms. The second-order valence-corrected chi connectivity index (χ2v) is 3.32. The van der Waals surface area contributed by atoms with Gasteiger partial charge in [-0.2, -0.15) is 5.10 Å². The Kier molecular flexibility index (Phi) is 2.78. The van der Waals surface area contributed by atoms with E-state index < -0.39 is 11.8 Å². The molecule has 2 rings (SSSR count). The van der Waals surface area contributed by atoms with E-state index in [0.717, 1.165) is 0 Å². The highest BCUT2D eigenvalue weighted by molar-refractivity contribution is 5.86. The van der Waals surface area contributed by atoms with Gasteiger partial charge in [-0.05, 0) is 24.3 Å². The normalized spacial score (nSPS) is 10.2. The van der Waals surface area contributed by atoms with Crippen molar-refractivity contribution in [3.63, 3.8) is 0 Å². The molecule has 0 radical (unpaired) electrons. The molecule has 0 aliphatic rings. The summed E-state index contributed by atoms with van der Waals surface area (Å²) in [5.74, 6) is -1.51. The van der Waals surface area contributed by atoms with Crippen LogP contribution in [0.1, 0.15) is 10.5 Å². The minimum Gasteiger partial charge on any atom is -0.494 e. The number of halogens is 1. The SMILES string of the molecule is COc1ccc(-c2cc(C(=O)O)[nH]n2)cc1F. The van der Waals surface area contributed by atoms with Crippen molar-refractivity contribution in [1.29, 1.82) is 0 Å². The molecule has 2 aromatic rings. The van der Waals surface area contributed by atoms with Crippen molar-refractivity contribution in [2.24, 2.45) is 0 Å². The number of H-pyrrole nitrogens is 1. The molecule has 17 heavy (non-hydrogen) atoms. The summed E-state index contributed by atoms with van der Waals surface area (Å²) in [4.78, 5) is 10.6. The van der Waals surface area contributed by atoms with Crippen LogP contribution in [0.3, 0.4) is 0 Å². The molecule has 0 aliphatic carbocycles. The van der Waals surface area contributed by atoms with Gasteiger partial charge in [0, 0.05) is 5.56 Å². The van der Waals surface area contributed by atoms with Crippen LogP contribution < -0.4 is 4.74 Å². The van der Waals surface area contributed by atoms with Crippen molar-refractivity contribution in [2.45, 2.75) is 0 Å².